The van der Waals surface area contributed by atoms with E-state index in [1.807, 2.05) is 0 Å². The van der Waals surface area contributed by atoms with Crippen LogP contribution < -0.4 is 0 Å². The van der Waals surface area contributed by atoms with E-state index < -0.39 is 0 Å². The number of nitrogens with zero attached hydrogens (tertiary/aromatic N) is 1. The van der Waals surface area contributed by atoms with Crippen molar-refractivity contribution in [3.05, 3.63) is 0 Å². The molecule has 0 aromatic carbocycles. The molecule has 2 saturated heterocycles. The fraction of sp³-hybridized carbons (Fsp3) is 1.00. The Hall–Kier alpha value is -0.0800. The van der Waals surface area contributed by atoms with Crippen LogP contribution in [-0.2, 0) is 0 Å². The highest BCUT2D eigenvalue weighted by molar-refractivity contribution is 4.95. The third kappa shape index (κ3) is 0.789. The Labute approximate surface area is 61.8 Å². The number of aliphatic hydroxyl groups is 1. The van der Waals surface area contributed by atoms with Crippen molar-refractivity contribution in [2.45, 2.75) is 43.9 Å². The molecule has 2 bridgehead atoms. The third-order valence-corrected chi connectivity index (χ3v) is 3.09. The number of rotatable bonds is 0. The Morgan fingerprint density at radius 3 is 2.80 bits per heavy atom. The summed E-state index contributed by atoms with van der Waals surface area (Å²) >= 11 is 0. The number of piperidine rings is 1. The van der Waals surface area contributed by atoms with Crippen molar-refractivity contribution in [2.75, 3.05) is 7.05 Å². The van der Waals surface area contributed by atoms with Crippen molar-refractivity contribution in [3.63, 3.8) is 0 Å². The standard InChI is InChI=1S/C8H15NO/c1-9-6-3-2-4-7(9)8(10)5-6/h6-8,10H,2-5H2,1H3/t6?,7?,8-/m1/s1. The number of hydrogen-bond acceptors (Lipinski definition) is 2. The Morgan fingerprint density at radius 1 is 1.40 bits per heavy atom. The lowest BCUT2D eigenvalue weighted by molar-refractivity contribution is 0.103. The summed E-state index contributed by atoms with van der Waals surface area (Å²) in [6, 6.07) is 1.17. The normalized spacial score (nSPS) is 48.0. The van der Waals surface area contributed by atoms with Crippen LogP contribution in [-0.4, -0.2) is 35.2 Å². The fourth-order valence-electron chi connectivity index (χ4n) is 2.42. The number of hydrogen-bond donors (Lipinski definition) is 1. The van der Waals surface area contributed by atoms with Crippen LogP contribution in [0.5, 0.6) is 0 Å². The first-order valence-corrected chi connectivity index (χ1v) is 4.19. The molecule has 10 heavy (non-hydrogen) atoms. The monoisotopic (exact) mass is 141 g/mol. The van der Waals surface area contributed by atoms with Crippen LogP contribution >= 0.6 is 0 Å². The third-order valence-electron chi connectivity index (χ3n) is 3.09. The van der Waals surface area contributed by atoms with Gasteiger partial charge < -0.3 is 5.11 Å². The second-order valence-electron chi connectivity index (χ2n) is 3.62. The Kier molecular flexibility index (Phi) is 1.46. The van der Waals surface area contributed by atoms with Crippen LogP contribution in [0.4, 0.5) is 0 Å². The van der Waals surface area contributed by atoms with E-state index in [-0.39, 0.29) is 6.10 Å². The van der Waals surface area contributed by atoms with Crippen LogP contribution in [0, 0.1) is 0 Å². The summed E-state index contributed by atoms with van der Waals surface area (Å²) in [6.07, 6.45) is 4.80. The topological polar surface area (TPSA) is 23.5 Å². The van der Waals surface area contributed by atoms with E-state index in [9.17, 15) is 5.11 Å². The molecule has 2 heteroatoms. The first-order valence-electron chi connectivity index (χ1n) is 4.19. The molecule has 0 aromatic heterocycles. The summed E-state index contributed by atoms with van der Waals surface area (Å²) in [5, 5.41) is 9.53. The molecule has 2 nitrogen and oxygen atoms in total. The van der Waals surface area contributed by atoms with Gasteiger partial charge in [0.25, 0.3) is 0 Å². The second kappa shape index (κ2) is 2.21. The molecule has 0 spiro atoms. The fourth-order valence-corrected chi connectivity index (χ4v) is 2.42. The molecule has 2 aliphatic heterocycles. The van der Waals surface area contributed by atoms with Gasteiger partial charge in [-0.15, -0.1) is 0 Å². The van der Waals surface area contributed by atoms with Crippen LogP contribution in [0.2, 0.25) is 0 Å². The van der Waals surface area contributed by atoms with Gasteiger partial charge in [0, 0.05) is 12.1 Å². The molecule has 0 radical (unpaired) electrons. The summed E-state index contributed by atoms with van der Waals surface area (Å²) in [6.45, 7) is 0. The quantitative estimate of drug-likeness (QED) is 0.534. The zero-order valence-corrected chi connectivity index (χ0v) is 6.45. The minimum absolute atomic E-state index is 0.0301. The lowest BCUT2D eigenvalue weighted by atomic mass is 10.0. The average molecular weight is 141 g/mol. The van der Waals surface area contributed by atoms with E-state index in [1.54, 1.807) is 0 Å². The van der Waals surface area contributed by atoms with E-state index in [4.69, 9.17) is 0 Å². The zero-order chi connectivity index (χ0) is 7.14. The largest absolute Gasteiger partial charge is 0.391 e. The summed E-state index contributed by atoms with van der Waals surface area (Å²) in [5.41, 5.74) is 0. The van der Waals surface area contributed by atoms with Gasteiger partial charge in [-0.05, 0) is 26.3 Å². The van der Waals surface area contributed by atoms with Crippen molar-refractivity contribution in [2.24, 2.45) is 0 Å². The van der Waals surface area contributed by atoms with Crippen LogP contribution in [0.1, 0.15) is 25.7 Å². The summed E-state index contributed by atoms with van der Waals surface area (Å²) in [4.78, 5) is 2.36. The molecule has 1 N–H and O–H groups in total. The lowest BCUT2D eigenvalue weighted by Gasteiger charge is -2.30. The summed E-state index contributed by atoms with van der Waals surface area (Å²) < 4.78 is 0. The van der Waals surface area contributed by atoms with Crippen molar-refractivity contribution >= 4 is 0 Å². The highest BCUT2D eigenvalue weighted by Crippen LogP contribution is 2.33. The van der Waals surface area contributed by atoms with E-state index in [0.29, 0.717) is 12.1 Å². The highest BCUT2D eigenvalue weighted by atomic mass is 16.3. The van der Waals surface area contributed by atoms with Crippen LogP contribution in [0.3, 0.4) is 0 Å². The van der Waals surface area contributed by atoms with E-state index in [1.165, 1.54) is 19.3 Å². The van der Waals surface area contributed by atoms with Crippen molar-refractivity contribution in [1.29, 1.82) is 0 Å². The minimum Gasteiger partial charge on any atom is -0.391 e. The molecule has 0 saturated carbocycles. The maximum atomic E-state index is 9.53. The highest BCUT2D eigenvalue weighted by Gasteiger charge is 2.40. The Morgan fingerprint density at radius 2 is 2.20 bits per heavy atom. The van der Waals surface area contributed by atoms with E-state index in [2.05, 4.69) is 11.9 Å². The van der Waals surface area contributed by atoms with Gasteiger partial charge in [-0.2, -0.15) is 0 Å². The van der Waals surface area contributed by atoms with Crippen molar-refractivity contribution in [3.8, 4) is 0 Å². The van der Waals surface area contributed by atoms with Gasteiger partial charge >= 0.3 is 0 Å². The molecule has 2 fully saturated rings. The molecule has 0 aliphatic carbocycles. The Balaban J connectivity index is 2.14. The number of likely N-dealkylation sites (N-methyl/N-ethyl adjacent to an activating group) is 1. The Bertz CT molecular complexity index is 137. The second-order valence-corrected chi connectivity index (χ2v) is 3.62. The smallest absolute Gasteiger partial charge is 0.0710 e. The molecule has 2 unspecified atom stereocenters. The van der Waals surface area contributed by atoms with Gasteiger partial charge in [-0.3, -0.25) is 4.90 Å². The van der Waals surface area contributed by atoms with Gasteiger partial charge in [0.05, 0.1) is 6.10 Å². The first-order chi connectivity index (χ1) is 4.79. The molecule has 2 aliphatic rings. The number of aliphatic hydroxyl groups excluding tert-OH is 1. The first kappa shape index (κ1) is 6.62. The van der Waals surface area contributed by atoms with E-state index >= 15 is 0 Å². The SMILES string of the molecule is CN1C2CCCC1[C@H](O)C2. The summed E-state index contributed by atoms with van der Waals surface area (Å²) in [7, 11) is 2.14. The minimum atomic E-state index is -0.0301. The van der Waals surface area contributed by atoms with Crippen LogP contribution in [0.15, 0.2) is 0 Å². The van der Waals surface area contributed by atoms with Gasteiger partial charge in [-0.25, -0.2) is 0 Å². The van der Waals surface area contributed by atoms with E-state index in [0.717, 1.165) is 6.42 Å². The molecule has 3 atom stereocenters. The van der Waals surface area contributed by atoms with Crippen molar-refractivity contribution in [1.82, 2.24) is 4.90 Å². The summed E-state index contributed by atoms with van der Waals surface area (Å²) in [5.74, 6) is 0. The van der Waals surface area contributed by atoms with Crippen LogP contribution in [0.25, 0.3) is 0 Å². The lowest BCUT2D eigenvalue weighted by Crippen LogP contribution is -2.38. The predicted molar refractivity (Wildman–Crippen MR) is 39.8 cm³/mol. The van der Waals surface area contributed by atoms with Gasteiger partial charge in [0.15, 0.2) is 0 Å². The van der Waals surface area contributed by atoms with Gasteiger partial charge in [-0.1, -0.05) is 6.42 Å². The zero-order valence-electron chi connectivity index (χ0n) is 6.45. The molecular formula is C8H15NO. The molecule has 58 valence electrons. The molecular weight excluding hydrogens is 126 g/mol. The average Bonchev–Trinajstić information content (AvgIpc) is 2.16. The molecule has 2 rings (SSSR count). The van der Waals surface area contributed by atoms with Gasteiger partial charge in [0.1, 0.15) is 0 Å². The number of fused-ring (bicyclic) bond motifs is 2. The van der Waals surface area contributed by atoms with Gasteiger partial charge in [0.2, 0.25) is 0 Å². The maximum absolute atomic E-state index is 9.53. The maximum Gasteiger partial charge on any atom is 0.0710 e. The predicted octanol–water partition coefficient (Wildman–Crippen LogP) is 0.604. The molecule has 0 amide bonds. The molecule has 0 aromatic rings. The molecule has 2 heterocycles. The van der Waals surface area contributed by atoms with Crippen molar-refractivity contribution < 1.29 is 5.11 Å².